The van der Waals surface area contributed by atoms with Crippen molar-refractivity contribution in [3.8, 4) is 11.5 Å². The van der Waals surface area contributed by atoms with Gasteiger partial charge in [0.05, 0.1) is 0 Å². The SMILES string of the molecule is COc1ccc(I(OS(=O)(=O)C(F)C(F)(F)F)c2ccc(OC)cc2)cc1. The first-order valence-corrected chi connectivity index (χ1v) is 11.7. The Morgan fingerprint density at radius 3 is 1.52 bits per heavy atom. The van der Waals surface area contributed by atoms with Gasteiger partial charge in [0.15, 0.2) is 0 Å². The van der Waals surface area contributed by atoms with Crippen molar-refractivity contribution in [3.05, 3.63) is 55.7 Å². The maximum absolute atomic E-state index is 13.5. The van der Waals surface area contributed by atoms with Crippen molar-refractivity contribution in [3.63, 3.8) is 0 Å². The summed E-state index contributed by atoms with van der Waals surface area (Å²) in [5.41, 5.74) is -4.12. The van der Waals surface area contributed by atoms with Gasteiger partial charge in [-0.15, -0.1) is 0 Å². The minimum atomic E-state index is -5.58. The topological polar surface area (TPSA) is 61.8 Å². The second-order valence-corrected chi connectivity index (χ2v) is 11.5. The van der Waals surface area contributed by atoms with Gasteiger partial charge in [-0.2, -0.15) is 0 Å². The van der Waals surface area contributed by atoms with Gasteiger partial charge in [0.2, 0.25) is 0 Å². The molecule has 2 aromatic rings. The number of hydrogen-bond donors (Lipinski definition) is 0. The molecular weight excluding hydrogens is 507 g/mol. The molecule has 0 amide bonds. The molecule has 0 heterocycles. The number of ether oxygens (including phenoxy) is 2. The van der Waals surface area contributed by atoms with Crippen LogP contribution in [0, 0.1) is 7.14 Å². The molecule has 0 radical (unpaired) electrons. The van der Waals surface area contributed by atoms with Crippen molar-refractivity contribution in [2.75, 3.05) is 14.2 Å². The second-order valence-electron chi connectivity index (χ2n) is 4.98. The molecule has 0 N–H and O–H groups in total. The molecule has 0 spiro atoms. The first-order chi connectivity index (χ1) is 12.6. The molecule has 0 aliphatic heterocycles. The summed E-state index contributed by atoms with van der Waals surface area (Å²) < 4.78 is 90.3. The van der Waals surface area contributed by atoms with Gasteiger partial charge in [-0.05, 0) is 0 Å². The van der Waals surface area contributed by atoms with Crippen molar-refractivity contribution in [1.82, 2.24) is 0 Å². The maximum atomic E-state index is 13.5. The van der Waals surface area contributed by atoms with Crippen molar-refractivity contribution in [2.45, 2.75) is 11.7 Å². The van der Waals surface area contributed by atoms with E-state index in [-0.39, 0.29) is 0 Å². The van der Waals surface area contributed by atoms with E-state index in [0.29, 0.717) is 18.6 Å². The molecule has 11 heteroatoms. The molecule has 27 heavy (non-hydrogen) atoms. The Morgan fingerprint density at radius 1 is 0.852 bits per heavy atom. The van der Waals surface area contributed by atoms with Crippen molar-refractivity contribution < 1.29 is 38.0 Å². The Morgan fingerprint density at radius 2 is 1.22 bits per heavy atom. The first-order valence-electron chi connectivity index (χ1n) is 7.21. The van der Waals surface area contributed by atoms with E-state index in [1.807, 2.05) is 0 Å². The van der Waals surface area contributed by atoms with Crippen molar-refractivity contribution >= 4 is 30.4 Å². The summed E-state index contributed by atoms with van der Waals surface area (Å²) >= 11 is -3.43. The summed E-state index contributed by atoms with van der Waals surface area (Å²) in [6, 6.07) is 11.9. The molecule has 0 saturated carbocycles. The van der Waals surface area contributed by atoms with E-state index in [1.54, 1.807) is 0 Å². The molecular formula is C16H15F4IO5S. The molecule has 0 fully saturated rings. The summed E-state index contributed by atoms with van der Waals surface area (Å²) in [4.78, 5) is 0. The number of halogens is 5. The molecule has 150 valence electrons. The van der Waals surface area contributed by atoms with Gasteiger partial charge in [-0.25, -0.2) is 0 Å². The van der Waals surface area contributed by atoms with Crippen LogP contribution >= 0.6 is 20.2 Å². The van der Waals surface area contributed by atoms with Crippen LogP contribution in [0.1, 0.15) is 0 Å². The van der Waals surface area contributed by atoms with E-state index < -0.39 is 42.0 Å². The van der Waals surface area contributed by atoms with Crippen LogP contribution in [0.4, 0.5) is 17.6 Å². The molecule has 0 bridgehead atoms. The van der Waals surface area contributed by atoms with Crippen LogP contribution in [0.2, 0.25) is 0 Å². The van der Waals surface area contributed by atoms with Gasteiger partial charge in [0, 0.05) is 0 Å². The van der Waals surface area contributed by atoms with Gasteiger partial charge in [0.25, 0.3) is 0 Å². The van der Waals surface area contributed by atoms with Gasteiger partial charge < -0.3 is 0 Å². The Kier molecular flexibility index (Phi) is 6.92. The van der Waals surface area contributed by atoms with Gasteiger partial charge in [-0.1, -0.05) is 0 Å². The van der Waals surface area contributed by atoms with Crippen molar-refractivity contribution in [1.29, 1.82) is 0 Å². The van der Waals surface area contributed by atoms with Crippen LogP contribution < -0.4 is 9.47 Å². The van der Waals surface area contributed by atoms with E-state index >= 15 is 0 Å². The summed E-state index contributed by atoms with van der Waals surface area (Å²) in [5, 5.41) is 0. The molecule has 2 aromatic carbocycles. The standard InChI is InChI=1S/C16H15F4IO5S/c1-24-13-7-3-11(4-8-13)21(12-5-9-14(25-2)10-6-12)26-27(22,23)15(17)16(18,19)20/h3-10,15H,1-2H3. The van der Waals surface area contributed by atoms with Crippen LogP contribution in [0.3, 0.4) is 0 Å². The zero-order chi connectivity index (χ0) is 20.2. The first kappa shape index (κ1) is 21.7. The predicted octanol–water partition coefficient (Wildman–Crippen LogP) is 4.37. The monoisotopic (exact) mass is 522 g/mol. The number of hydrogen-bond acceptors (Lipinski definition) is 5. The van der Waals surface area contributed by atoms with Crippen LogP contribution in [0.5, 0.6) is 11.5 Å². The molecule has 1 atom stereocenters. The molecule has 0 aliphatic carbocycles. The second kappa shape index (κ2) is 8.61. The molecule has 1 unspecified atom stereocenters. The van der Waals surface area contributed by atoms with E-state index in [4.69, 9.17) is 12.0 Å². The Labute approximate surface area is 161 Å². The van der Waals surface area contributed by atoms with Crippen LogP contribution in [0.15, 0.2) is 48.5 Å². The van der Waals surface area contributed by atoms with Crippen LogP contribution in [-0.2, 0) is 12.6 Å². The molecule has 0 aliphatic rings. The summed E-state index contributed by atoms with van der Waals surface area (Å²) in [5.74, 6) is 0.927. The fraction of sp³-hybridized carbons (Fsp3) is 0.250. The van der Waals surface area contributed by atoms with E-state index in [2.05, 4.69) is 0 Å². The average Bonchev–Trinajstić information content (AvgIpc) is 2.65. The zero-order valence-corrected chi connectivity index (χ0v) is 17.0. The fourth-order valence-electron chi connectivity index (χ4n) is 1.85. The number of methoxy groups -OCH3 is 2. The molecule has 0 aromatic heterocycles. The third-order valence-electron chi connectivity index (χ3n) is 3.16. The quantitative estimate of drug-likeness (QED) is 0.400. The summed E-state index contributed by atoms with van der Waals surface area (Å²) in [6.07, 6.45) is -5.58. The third-order valence-corrected chi connectivity index (χ3v) is 10.5. The summed E-state index contributed by atoms with van der Waals surface area (Å²) in [6.45, 7) is 0. The Hall–Kier alpha value is -1.60. The Balaban J connectivity index is 2.45. The number of rotatable bonds is 7. The van der Waals surface area contributed by atoms with E-state index in [1.165, 1.54) is 62.8 Å². The van der Waals surface area contributed by atoms with Crippen LogP contribution in [0.25, 0.3) is 0 Å². The minimum absolute atomic E-state index is 0.350. The molecule has 2 rings (SSSR count). The predicted molar refractivity (Wildman–Crippen MR) is 98.4 cm³/mol. The Bertz CT molecular complexity index is 806. The van der Waals surface area contributed by atoms with Crippen molar-refractivity contribution in [2.24, 2.45) is 0 Å². The molecule has 0 saturated heterocycles. The van der Waals surface area contributed by atoms with Gasteiger partial charge in [-0.3, -0.25) is 0 Å². The van der Waals surface area contributed by atoms with E-state index in [9.17, 15) is 26.0 Å². The normalized spacial score (nSPS) is 13.8. The number of benzene rings is 2. The fourth-order valence-corrected chi connectivity index (χ4v) is 8.61. The third kappa shape index (κ3) is 5.45. The van der Waals surface area contributed by atoms with Crippen LogP contribution in [-0.4, -0.2) is 34.3 Å². The summed E-state index contributed by atoms with van der Waals surface area (Å²) in [7, 11) is -2.68. The number of alkyl halides is 4. The van der Waals surface area contributed by atoms with E-state index in [0.717, 1.165) is 0 Å². The zero-order valence-electron chi connectivity index (χ0n) is 14.0. The average molecular weight is 522 g/mol. The van der Waals surface area contributed by atoms with Gasteiger partial charge >= 0.3 is 161 Å². The van der Waals surface area contributed by atoms with Gasteiger partial charge in [0.1, 0.15) is 0 Å². The molecule has 5 nitrogen and oxygen atoms in total.